The van der Waals surface area contributed by atoms with E-state index >= 15 is 0 Å². The lowest BCUT2D eigenvalue weighted by atomic mass is 10.1. The van der Waals surface area contributed by atoms with E-state index < -0.39 is 5.91 Å². The molecule has 5 nitrogen and oxygen atoms in total. The zero-order valence-electron chi connectivity index (χ0n) is 15.7. The number of amides is 2. The second kappa shape index (κ2) is 10.1. The maximum Gasteiger partial charge on any atom is 0.260 e. The van der Waals surface area contributed by atoms with Crippen LogP contribution in [0.15, 0.2) is 46.9 Å². The number of rotatable bonds is 9. The monoisotopic (exact) mass is 432 g/mol. The van der Waals surface area contributed by atoms with Gasteiger partial charge in [-0.3, -0.25) is 9.59 Å². The highest BCUT2D eigenvalue weighted by atomic mass is 79.9. The van der Waals surface area contributed by atoms with Gasteiger partial charge in [-0.05, 0) is 49.1 Å². The molecule has 2 aromatic carbocycles. The molecule has 0 spiro atoms. The number of carbonyl (C=O) groups excluding carboxylic acids is 2. The van der Waals surface area contributed by atoms with Crippen LogP contribution in [0.2, 0.25) is 0 Å². The molecule has 0 unspecified atom stereocenters. The van der Waals surface area contributed by atoms with Gasteiger partial charge in [0.15, 0.2) is 6.61 Å². The molecule has 2 rings (SSSR count). The number of nitrogens with two attached hydrogens (primary N) is 1. The van der Waals surface area contributed by atoms with Gasteiger partial charge in [0.05, 0.1) is 0 Å². The Labute approximate surface area is 168 Å². The molecule has 0 aliphatic carbocycles. The average molecular weight is 433 g/mol. The molecule has 0 atom stereocenters. The van der Waals surface area contributed by atoms with Crippen LogP contribution in [0.5, 0.6) is 5.75 Å². The molecular weight excluding hydrogens is 408 g/mol. The van der Waals surface area contributed by atoms with Gasteiger partial charge in [-0.25, -0.2) is 0 Å². The fourth-order valence-electron chi connectivity index (χ4n) is 2.87. The molecular formula is C21H25BrN2O3. The number of carbonyl (C=O) groups is 2. The third kappa shape index (κ3) is 6.71. The van der Waals surface area contributed by atoms with E-state index in [1.165, 1.54) is 0 Å². The van der Waals surface area contributed by atoms with E-state index in [4.69, 9.17) is 10.5 Å². The standard InChI is InChI=1S/C21H25BrN2O3/c1-15-12-18(22)13-16(2)21(15)27-14-20(26)24(11-9-19(23)25)10-8-17-6-4-3-5-7-17/h3-7,12-13H,8-11,14H2,1-2H3,(H2,23,25). The molecule has 144 valence electrons. The van der Waals surface area contributed by atoms with E-state index in [1.54, 1.807) is 4.90 Å². The van der Waals surface area contributed by atoms with Gasteiger partial charge >= 0.3 is 0 Å². The predicted molar refractivity (Wildman–Crippen MR) is 110 cm³/mol. The first-order chi connectivity index (χ1) is 12.9. The topological polar surface area (TPSA) is 72.6 Å². The number of halogens is 1. The Hall–Kier alpha value is -2.34. The highest BCUT2D eigenvalue weighted by Gasteiger charge is 2.16. The van der Waals surface area contributed by atoms with Crippen LogP contribution in [0.3, 0.4) is 0 Å². The Morgan fingerprint density at radius 3 is 2.30 bits per heavy atom. The van der Waals surface area contributed by atoms with Crippen molar-refractivity contribution < 1.29 is 14.3 Å². The number of aryl methyl sites for hydroxylation is 2. The van der Waals surface area contributed by atoms with Crippen LogP contribution in [0, 0.1) is 13.8 Å². The lowest BCUT2D eigenvalue weighted by Gasteiger charge is -2.23. The molecule has 0 fully saturated rings. The number of primary amides is 1. The average Bonchev–Trinajstić information content (AvgIpc) is 2.61. The molecule has 0 saturated carbocycles. The van der Waals surface area contributed by atoms with Gasteiger partial charge in [0.2, 0.25) is 5.91 Å². The molecule has 0 bridgehead atoms. The van der Waals surface area contributed by atoms with Crippen molar-refractivity contribution in [1.29, 1.82) is 0 Å². The van der Waals surface area contributed by atoms with E-state index in [2.05, 4.69) is 15.9 Å². The second-order valence-electron chi connectivity index (χ2n) is 6.49. The largest absolute Gasteiger partial charge is 0.483 e. The van der Waals surface area contributed by atoms with Crippen molar-refractivity contribution in [2.24, 2.45) is 5.73 Å². The molecule has 2 amide bonds. The Morgan fingerprint density at radius 2 is 1.70 bits per heavy atom. The van der Waals surface area contributed by atoms with Crippen LogP contribution in [-0.4, -0.2) is 36.4 Å². The summed E-state index contributed by atoms with van der Waals surface area (Å²) in [5.74, 6) is 0.131. The van der Waals surface area contributed by atoms with E-state index in [0.717, 1.165) is 21.2 Å². The van der Waals surface area contributed by atoms with Crippen molar-refractivity contribution in [2.45, 2.75) is 26.7 Å². The first-order valence-corrected chi connectivity index (χ1v) is 9.65. The SMILES string of the molecule is Cc1cc(Br)cc(C)c1OCC(=O)N(CCC(N)=O)CCc1ccccc1. The minimum atomic E-state index is -0.423. The van der Waals surface area contributed by atoms with Crippen molar-refractivity contribution in [3.63, 3.8) is 0 Å². The van der Waals surface area contributed by atoms with Crippen LogP contribution in [0.1, 0.15) is 23.1 Å². The molecule has 0 aliphatic rings. The summed E-state index contributed by atoms with van der Waals surface area (Å²) in [6.07, 6.45) is 0.846. The molecule has 2 aromatic rings. The zero-order valence-corrected chi connectivity index (χ0v) is 17.3. The number of nitrogens with zero attached hydrogens (tertiary/aromatic N) is 1. The summed E-state index contributed by atoms with van der Waals surface area (Å²) in [5, 5.41) is 0. The fraction of sp³-hybridized carbons (Fsp3) is 0.333. The molecule has 0 aromatic heterocycles. The molecule has 0 saturated heterocycles. The van der Waals surface area contributed by atoms with E-state index in [0.29, 0.717) is 25.3 Å². The summed E-state index contributed by atoms with van der Waals surface area (Å²) in [4.78, 5) is 25.5. The lowest BCUT2D eigenvalue weighted by Crippen LogP contribution is -2.38. The van der Waals surface area contributed by atoms with Crippen molar-refractivity contribution in [3.8, 4) is 5.75 Å². The van der Waals surface area contributed by atoms with Crippen molar-refractivity contribution >= 4 is 27.7 Å². The van der Waals surface area contributed by atoms with Crippen molar-refractivity contribution in [3.05, 3.63) is 63.6 Å². The Balaban J connectivity index is 2.01. The normalized spacial score (nSPS) is 10.5. The van der Waals surface area contributed by atoms with Gasteiger partial charge in [0, 0.05) is 24.0 Å². The fourth-order valence-corrected chi connectivity index (χ4v) is 3.55. The number of hydrogen-bond acceptors (Lipinski definition) is 3. The summed E-state index contributed by atoms with van der Waals surface area (Å²) in [7, 11) is 0. The molecule has 6 heteroatoms. The van der Waals surface area contributed by atoms with Crippen molar-refractivity contribution in [1.82, 2.24) is 4.90 Å². The first-order valence-electron chi connectivity index (χ1n) is 8.86. The highest BCUT2D eigenvalue weighted by Crippen LogP contribution is 2.27. The third-order valence-electron chi connectivity index (χ3n) is 4.26. The lowest BCUT2D eigenvalue weighted by molar-refractivity contribution is -0.133. The Bertz CT molecular complexity index is 770. The van der Waals surface area contributed by atoms with Gasteiger partial charge in [0.1, 0.15) is 5.75 Å². The Morgan fingerprint density at radius 1 is 1.07 bits per heavy atom. The number of hydrogen-bond donors (Lipinski definition) is 1. The van der Waals surface area contributed by atoms with Crippen molar-refractivity contribution in [2.75, 3.05) is 19.7 Å². The predicted octanol–water partition coefficient (Wildman–Crippen LogP) is 3.39. The minimum absolute atomic E-state index is 0.0726. The molecule has 0 radical (unpaired) electrons. The van der Waals surface area contributed by atoms with E-state index in [1.807, 2.05) is 56.3 Å². The minimum Gasteiger partial charge on any atom is -0.483 e. The van der Waals surface area contributed by atoms with Crippen LogP contribution >= 0.6 is 15.9 Å². The maximum atomic E-state index is 12.7. The number of ether oxygens (including phenoxy) is 1. The van der Waals surface area contributed by atoms with Gasteiger partial charge in [0.25, 0.3) is 5.91 Å². The van der Waals surface area contributed by atoms with Crippen LogP contribution in [0.4, 0.5) is 0 Å². The number of benzene rings is 2. The summed E-state index contributed by atoms with van der Waals surface area (Å²) in [6.45, 7) is 4.62. The zero-order chi connectivity index (χ0) is 19.8. The molecule has 27 heavy (non-hydrogen) atoms. The van der Waals surface area contributed by atoms with Gasteiger partial charge in [-0.1, -0.05) is 46.3 Å². The highest BCUT2D eigenvalue weighted by molar-refractivity contribution is 9.10. The van der Waals surface area contributed by atoms with E-state index in [9.17, 15) is 9.59 Å². The van der Waals surface area contributed by atoms with Crippen LogP contribution in [0.25, 0.3) is 0 Å². The Kier molecular flexibility index (Phi) is 7.85. The van der Waals surface area contributed by atoms with E-state index in [-0.39, 0.29) is 18.9 Å². The smallest absolute Gasteiger partial charge is 0.260 e. The van der Waals surface area contributed by atoms with Gasteiger partial charge < -0.3 is 15.4 Å². The molecule has 0 heterocycles. The summed E-state index contributed by atoms with van der Waals surface area (Å²) in [6, 6.07) is 13.8. The van der Waals surface area contributed by atoms with Gasteiger partial charge in [-0.2, -0.15) is 0 Å². The second-order valence-corrected chi connectivity index (χ2v) is 7.41. The van der Waals surface area contributed by atoms with Crippen LogP contribution < -0.4 is 10.5 Å². The summed E-state index contributed by atoms with van der Waals surface area (Å²) < 4.78 is 6.77. The quantitative estimate of drug-likeness (QED) is 0.659. The first kappa shape index (κ1) is 21.0. The molecule has 0 aliphatic heterocycles. The van der Waals surface area contributed by atoms with Crippen LogP contribution in [-0.2, 0) is 16.0 Å². The summed E-state index contributed by atoms with van der Waals surface area (Å²) >= 11 is 3.45. The molecule has 2 N–H and O–H groups in total. The summed E-state index contributed by atoms with van der Waals surface area (Å²) in [5.41, 5.74) is 8.31. The maximum absolute atomic E-state index is 12.7. The van der Waals surface area contributed by atoms with Gasteiger partial charge in [-0.15, -0.1) is 0 Å². The third-order valence-corrected chi connectivity index (χ3v) is 4.72.